The second-order valence-electron chi connectivity index (χ2n) is 10.0. The fourth-order valence-electron chi connectivity index (χ4n) is 5.41. The molecule has 3 aromatic rings. The first-order valence-electron chi connectivity index (χ1n) is 13.4. The third-order valence-corrected chi connectivity index (χ3v) is 7.63. The van der Waals surface area contributed by atoms with Crippen LogP contribution in [0.15, 0.2) is 41.8 Å². The van der Waals surface area contributed by atoms with Crippen LogP contribution in [0.2, 0.25) is 0 Å². The van der Waals surface area contributed by atoms with E-state index >= 15 is 0 Å². The van der Waals surface area contributed by atoms with Gasteiger partial charge in [0.1, 0.15) is 29.4 Å². The monoisotopic (exact) mass is 562 g/mol. The van der Waals surface area contributed by atoms with Crippen LogP contribution >= 0.6 is 0 Å². The van der Waals surface area contributed by atoms with Gasteiger partial charge in [-0.1, -0.05) is 12.6 Å². The molecule has 1 aromatic carbocycles. The first-order chi connectivity index (χ1) is 19.9. The van der Waals surface area contributed by atoms with Crippen LogP contribution in [0.1, 0.15) is 19.3 Å². The van der Waals surface area contributed by atoms with E-state index in [9.17, 15) is 19.2 Å². The zero-order valence-electron chi connectivity index (χ0n) is 23.0. The Morgan fingerprint density at radius 1 is 1.27 bits per heavy atom. The molecule has 0 aliphatic carbocycles. The summed E-state index contributed by atoms with van der Waals surface area (Å²) in [7, 11) is 3.41. The van der Waals surface area contributed by atoms with E-state index in [-0.39, 0.29) is 47.9 Å². The lowest BCUT2D eigenvalue weighted by Gasteiger charge is -2.41. The van der Waals surface area contributed by atoms with E-state index in [1.54, 1.807) is 4.90 Å². The molecule has 12 nitrogen and oxygen atoms in total. The van der Waals surface area contributed by atoms with E-state index in [1.165, 1.54) is 37.6 Å². The van der Waals surface area contributed by atoms with Gasteiger partial charge in [0.15, 0.2) is 5.82 Å². The summed E-state index contributed by atoms with van der Waals surface area (Å²) in [5.74, 6) is -0.423. The minimum Gasteiger partial charge on any atom is -0.494 e. The molecular weight excluding hydrogens is 531 g/mol. The van der Waals surface area contributed by atoms with Crippen LogP contribution in [-0.4, -0.2) is 94.5 Å². The maximum Gasteiger partial charge on any atom is 0.319 e. The average molecular weight is 563 g/mol. The summed E-state index contributed by atoms with van der Waals surface area (Å²) in [5, 5.41) is 14.0. The highest BCUT2D eigenvalue weighted by Gasteiger charge is 2.32. The molecule has 2 saturated heterocycles. The molecule has 2 aromatic heterocycles. The van der Waals surface area contributed by atoms with E-state index in [1.807, 2.05) is 11.9 Å². The van der Waals surface area contributed by atoms with Crippen molar-refractivity contribution in [2.75, 3.05) is 51.8 Å². The number of benzene rings is 1. The minimum atomic E-state index is -0.685. The average Bonchev–Trinajstić information content (AvgIpc) is 3.40. The van der Waals surface area contributed by atoms with E-state index in [4.69, 9.17) is 9.47 Å². The summed E-state index contributed by atoms with van der Waals surface area (Å²) >= 11 is 0. The Kier molecular flexibility index (Phi) is 8.11. The van der Waals surface area contributed by atoms with Crippen LogP contribution < -0.4 is 19.9 Å². The highest BCUT2D eigenvalue weighted by molar-refractivity contribution is 5.90. The Morgan fingerprint density at radius 2 is 2.10 bits per heavy atom. The number of ether oxygens (including phenoxy) is 2. The van der Waals surface area contributed by atoms with E-state index < -0.39 is 17.4 Å². The van der Waals surface area contributed by atoms with Gasteiger partial charge in [-0.2, -0.15) is 25.0 Å². The van der Waals surface area contributed by atoms with Crippen LogP contribution in [0.25, 0.3) is 16.6 Å². The molecule has 1 amide bonds. The lowest BCUT2D eigenvalue weighted by atomic mass is 10.1. The van der Waals surface area contributed by atoms with Crippen molar-refractivity contribution in [2.45, 2.75) is 31.3 Å². The molecule has 13 heteroatoms. The van der Waals surface area contributed by atoms with Crippen LogP contribution in [0, 0.1) is 17.1 Å². The third kappa shape index (κ3) is 5.43. The molecule has 2 fully saturated rings. The van der Waals surface area contributed by atoms with Crippen molar-refractivity contribution in [1.82, 2.24) is 29.5 Å². The Labute approximate surface area is 236 Å². The second-order valence-corrected chi connectivity index (χ2v) is 10.0. The number of halogens is 1. The van der Waals surface area contributed by atoms with Gasteiger partial charge in [-0.05, 0) is 44.6 Å². The number of likely N-dealkylation sites (N-methyl/N-ethyl adjacent to an activating group) is 1. The maximum absolute atomic E-state index is 14.9. The van der Waals surface area contributed by atoms with Crippen molar-refractivity contribution in [3.63, 3.8) is 0 Å². The molecule has 0 spiro atoms. The molecule has 2 aliphatic heterocycles. The molecule has 1 unspecified atom stereocenters. The van der Waals surface area contributed by atoms with Crippen molar-refractivity contribution >= 4 is 22.6 Å². The van der Waals surface area contributed by atoms with Crippen LogP contribution in [0.5, 0.6) is 11.8 Å². The largest absolute Gasteiger partial charge is 0.494 e. The fraction of sp³-hybridized carbons (Fsp3) is 0.429. The molecule has 0 saturated carbocycles. The molecule has 2 aliphatic rings. The zero-order valence-corrected chi connectivity index (χ0v) is 23.0. The Bertz CT molecular complexity index is 1570. The summed E-state index contributed by atoms with van der Waals surface area (Å²) in [6.07, 6.45) is 4.77. The van der Waals surface area contributed by atoms with Crippen molar-refractivity contribution in [3.8, 4) is 23.5 Å². The molecule has 214 valence electrons. The van der Waals surface area contributed by atoms with E-state index in [0.29, 0.717) is 30.9 Å². The number of piperazine rings is 1. The molecule has 0 bridgehead atoms. The zero-order chi connectivity index (χ0) is 29.1. The first kappa shape index (κ1) is 28.0. The number of carbonyl (C=O) groups excluding carboxylic acids is 1. The van der Waals surface area contributed by atoms with Gasteiger partial charge in [0.2, 0.25) is 5.91 Å². The molecule has 2 atom stereocenters. The lowest BCUT2D eigenvalue weighted by Crippen LogP contribution is -2.55. The number of carbonyl (C=O) groups is 1. The summed E-state index contributed by atoms with van der Waals surface area (Å²) < 4.78 is 27.2. The number of methoxy groups -OCH3 is 1. The predicted molar refractivity (Wildman–Crippen MR) is 149 cm³/mol. The summed E-state index contributed by atoms with van der Waals surface area (Å²) in [6.45, 7) is 5.86. The normalized spacial score (nSPS) is 19.3. The molecular formula is C28H31FN8O4. The maximum atomic E-state index is 14.9. The van der Waals surface area contributed by atoms with E-state index in [2.05, 4.69) is 32.6 Å². The van der Waals surface area contributed by atoms with Crippen LogP contribution in [-0.2, 0) is 4.79 Å². The van der Waals surface area contributed by atoms with Gasteiger partial charge in [-0.15, -0.1) is 0 Å². The standard InChI is InChI=1S/C28H31FN8O4/c1-4-23(38)36-14-13-35(16-18(36)10-11-30)26-20-15-31-37(25-21(29)8-5-9-22(25)40-3)27(39)24(20)32-28(33-26)41-17-19-7-6-12-34(19)2/h4-5,8-9,15,18-19H,1,6-7,10,12-14,16-17H2,2-3H3/t18?,19-/m0/s1. The third-order valence-electron chi connectivity index (χ3n) is 7.63. The van der Waals surface area contributed by atoms with Gasteiger partial charge in [0.05, 0.1) is 37.2 Å². The summed E-state index contributed by atoms with van der Waals surface area (Å²) in [5.41, 5.74) is -0.819. The number of fused-ring (bicyclic) bond motifs is 1. The Morgan fingerprint density at radius 3 is 2.80 bits per heavy atom. The number of hydrogen-bond donors (Lipinski definition) is 0. The van der Waals surface area contributed by atoms with Gasteiger partial charge >= 0.3 is 6.01 Å². The van der Waals surface area contributed by atoms with Crippen LogP contribution in [0.3, 0.4) is 0 Å². The minimum absolute atomic E-state index is 0.00424. The van der Waals surface area contributed by atoms with Gasteiger partial charge in [0.25, 0.3) is 5.56 Å². The van der Waals surface area contributed by atoms with Crippen molar-refractivity contribution < 1.29 is 18.7 Å². The van der Waals surface area contributed by atoms with Crippen LogP contribution in [0.4, 0.5) is 10.2 Å². The number of amides is 1. The van der Waals surface area contributed by atoms with E-state index in [0.717, 1.165) is 24.1 Å². The SMILES string of the molecule is C=CC(=O)N1CCN(c2nc(OC[C@@H]3CCCN3C)nc3c(=O)n(-c4c(F)cccc4OC)ncc23)CC1CC#N. The summed E-state index contributed by atoms with van der Waals surface area (Å²) in [6, 6.07) is 6.14. The smallest absolute Gasteiger partial charge is 0.319 e. The molecule has 4 heterocycles. The number of anilines is 1. The van der Waals surface area contributed by atoms with Crippen molar-refractivity contribution in [2.24, 2.45) is 0 Å². The highest BCUT2D eigenvalue weighted by Crippen LogP contribution is 2.29. The number of nitriles is 1. The number of aromatic nitrogens is 4. The number of likely N-dealkylation sites (tertiary alicyclic amines) is 1. The summed E-state index contributed by atoms with van der Waals surface area (Å²) in [4.78, 5) is 41.1. The van der Waals surface area contributed by atoms with Gasteiger partial charge in [0, 0.05) is 25.7 Å². The molecule has 41 heavy (non-hydrogen) atoms. The Hall–Kier alpha value is -4.57. The quantitative estimate of drug-likeness (QED) is 0.376. The first-order valence-corrected chi connectivity index (χ1v) is 13.4. The number of nitrogens with zero attached hydrogens (tertiary/aromatic N) is 8. The number of rotatable bonds is 8. The van der Waals surface area contributed by atoms with Gasteiger partial charge in [-0.25, -0.2) is 4.39 Å². The number of para-hydroxylation sites is 1. The van der Waals surface area contributed by atoms with Crippen molar-refractivity contribution in [3.05, 3.63) is 53.2 Å². The molecule has 0 N–H and O–H groups in total. The second kappa shape index (κ2) is 11.9. The van der Waals surface area contributed by atoms with Gasteiger partial charge < -0.3 is 24.2 Å². The topological polar surface area (TPSA) is 130 Å². The Balaban J connectivity index is 1.61. The number of hydrogen-bond acceptors (Lipinski definition) is 10. The lowest BCUT2D eigenvalue weighted by molar-refractivity contribution is -0.128. The molecule has 5 rings (SSSR count). The predicted octanol–water partition coefficient (Wildman–Crippen LogP) is 1.91. The highest BCUT2D eigenvalue weighted by atomic mass is 19.1. The molecule has 0 radical (unpaired) electrons. The fourth-order valence-corrected chi connectivity index (χ4v) is 5.41. The van der Waals surface area contributed by atoms with Gasteiger partial charge in [-0.3, -0.25) is 9.59 Å². The van der Waals surface area contributed by atoms with Crippen molar-refractivity contribution in [1.29, 1.82) is 5.26 Å².